The van der Waals surface area contributed by atoms with Crippen molar-refractivity contribution in [2.75, 3.05) is 6.54 Å². The van der Waals surface area contributed by atoms with E-state index in [1.54, 1.807) is 6.07 Å². The van der Waals surface area contributed by atoms with Gasteiger partial charge in [0.25, 0.3) is 5.91 Å². The van der Waals surface area contributed by atoms with Crippen molar-refractivity contribution in [2.45, 2.75) is 38.2 Å². The van der Waals surface area contributed by atoms with Crippen LogP contribution < -0.4 is 5.32 Å². The standard InChI is InChI=1S/C13H19NO2S/c15-12(10-4-2-1-3-5-10)8-14-13(16)11-6-7-17-9-11/h6-7,9-10,12,15H,1-5,8H2,(H,14,16). The predicted molar refractivity (Wildman–Crippen MR) is 69.2 cm³/mol. The number of amides is 1. The first-order valence-electron chi connectivity index (χ1n) is 6.26. The minimum atomic E-state index is -0.391. The number of aliphatic hydroxyl groups excluding tert-OH is 1. The van der Waals surface area contributed by atoms with E-state index in [1.165, 1.54) is 30.6 Å². The van der Waals surface area contributed by atoms with E-state index in [1.807, 2.05) is 10.8 Å². The second-order valence-corrected chi connectivity index (χ2v) is 5.47. The van der Waals surface area contributed by atoms with Gasteiger partial charge in [-0.25, -0.2) is 0 Å². The summed E-state index contributed by atoms with van der Waals surface area (Å²) in [4.78, 5) is 11.7. The van der Waals surface area contributed by atoms with Crippen LogP contribution in [-0.2, 0) is 0 Å². The molecule has 0 bridgehead atoms. The number of nitrogens with one attached hydrogen (secondary N) is 1. The fourth-order valence-electron chi connectivity index (χ4n) is 2.38. The third-order valence-electron chi connectivity index (χ3n) is 3.45. The lowest BCUT2D eigenvalue weighted by atomic mass is 9.85. The molecule has 2 rings (SSSR count). The largest absolute Gasteiger partial charge is 0.391 e. The average Bonchev–Trinajstić information content (AvgIpc) is 2.90. The number of carbonyl (C=O) groups excluding carboxylic acids is 1. The molecule has 0 radical (unpaired) electrons. The van der Waals surface area contributed by atoms with Gasteiger partial charge in [0.15, 0.2) is 0 Å². The molecule has 1 aromatic rings. The zero-order valence-corrected chi connectivity index (χ0v) is 10.7. The van der Waals surface area contributed by atoms with E-state index >= 15 is 0 Å². The molecule has 0 aromatic carbocycles. The Morgan fingerprint density at radius 2 is 2.24 bits per heavy atom. The minimum Gasteiger partial charge on any atom is -0.391 e. The maximum atomic E-state index is 11.7. The number of carbonyl (C=O) groups is 1. The molecule has 0 aliphatic heterocycles. The summed E-state index contributed by atoms with van der Waals surface area (Å²) in [5, 5.41) is 16.5. The van der Waals surface area contributed by atoms with Gasteiger partial charge < -0.3 is 10.4 Å². The molecule has 1 aliphatic rings. The lowest BCUT2D eigenvalue weighted by Crippen LogP contribution is -2.36. The minimum absolute atomic E-state index is 0.0823. The maximum Gasteiger partial charge on any atom is 0.252 e. The molecular formula is C13H19NO2S. The monoisotopic (exact) mass is 253 g/mol. The number of thiophene rings is 1. The van der Waals surface area contributed by atoms with Crippen LogP contribution in [0.25, 0.3) is 0 Å². The predicted octanol–water partition coefficient (Wildman–Crippen LogP) is 2.42. The van der Waals surface area contributed by atoms with Gasteiger partial charge in [-0.2, -0.15) is 11.3 Å². The second kappa shape index (κ2) is 6.17. The van der Waals surface area contributed by atoms with Crippen molar-refractivity contribution in [1.82, 2.24) is 5.32 Å². The highest BCUT2D eigenvalue weighted by atomic mass is 32.1. The molecule has 1 aromatic heterocycles. The average molecular weight is 253 g/mol. The van der Waals surface area contributed by atoms with E-state index in [2.05, 4.69) is 5.32 Å². The topological polar surface area (TPSA) is 49.3 Å². The van der Waals surface area contributed by atoms with Crippen LogP contribution in [0.1, 0.15) is 42.5 Å². The Morgan fingerprint density at radius 3 is 2.88 bits per heavy atom. The molecule has 0 saturated heterocycles. The SMILES string of the molecule is O=C(NCC(O)C1CCCCC1)c1ccsc1. The third kappa shape index (κ3) is 3.54. The van der Waals surface area contributed by atoms with Gasteiger partial charge in [-0.3, -0.25) is 4.79 Å². The fourth-order valence-corrected chi connectivity index (χ4v) is 3.01. The smallest absolute Gasteiger partial charge is 0.252 e. The van der Waals surface area contributed by atoms with Crippen LogP contribution in [0, 0.1) is 5.92 Å². The van der Waals surface area contributed by atoms with Gasteiger partial charge in [-0.05, 0) is 30.2 Å². The first-order chi connectivity index (χ1) is 8.27. The van der Waals surface area contributed by atoms with Gasteiger partial charge in [0.2, 0.25) is 0 Å². The Kier molecular flexibility index (Phi) is 4.57. The molecule has 0 spiro atoms. The number of aliphatic hydroxyl groups is 1. The molecule has 94 valence electrons. The molecule has 17 heavy (non-hydrogen) atoms. The zero-order valence-electron chi connectivity index (χ0n) is 9.89. The number of hydrogen-bond acceptors (Lipinski definition) is 3. The van der Waals surface area contributed by atoms with Crippen LogP contribution in [0.5, 0.6) is 0 Å². The summed E-state index contributed by atoms with van der Waals surface area (Å²) in [6.07, 6.45) is 5.49. The Hall–Kier alpha value is -0.870. The molecule has 1 fully saturated rings. The molecule has 1 heterocycles. The normalized spacial score (nSPS) is 18.9. The third-order valence-corrected chi connectivity index (χ3v) is 4.13. The van der Waals surface area contributed by atoms with E-state index in [0.29, 0.717) is 18.0 Å². The second-order valence-electron chi connectivity index (χ2n) is 4.69. The number of rotatable bonds is 4. The Labute approximate surface area is 106 Å². The van der Waals surface area contributed by atoms with Gasteiger partial charge in [-0.1, -0.05) is 19.3 Å². The molecule has 4 heteroatoms. The molecule has 1 atom stereocenters. The van der Waals surface area contributed by atoms with Gasteiger partial charge in [-0.15, -0.1) is 0 Å². The van der Waals surface area contributed by atoms with Crippen molar-refractivity contribution < 1.29 is 9.90 Å². The fraction of sp³-hybridized carbons (Fsp3) is 0.615. The van der Waals surface area contributed by atoms with Crippen molar-refractivity contribution in [3.8, 4) is 0 Å². The summed E-state index contributed by atoms with van der Waals surface area (Å²) in [6.45, 7) is 0.374. The van der Waals surface area contributed by atoms with Crippen molar-refractivity contribution in [1.29, 1.82) is 0 Å². The summed E-state index contributed by atoms with van der Waals surface area (Å²) in [7, 11) is 0. The van der Waals surface area contributed by atoms with Gasteiger partial charge in [0, 0.05) is 17.5 Å². The van der Waals surface area contributed by atoms with Crippen molar-refractivity contribution >= 4 is 17.2 Å². The molecule has 1 aliphatic carbocycles. The van der Waals surface area contributed by atoms with Crippen LogP contribution in [0.3, 0.4) is 0 Å². The van der Waals surface area contributed by atoms with E-state index in [4.69, 9.17) is 0 Å². The molecule has 1 saturated carbocycles. The maximum absolute atomic E-state index is 11.7. The molecule has 1 amide bonds. The van der Waals surface area contributed by atoms with E-state index < -0.39 is 6.10 Å². The van der Waals surface area contributed by atoms with Crippen molar-refractivity contribution in [3.63, 3.8) is 0 Å². The first kappa shape index (κ1) is 12.6. The summed E-state index contributed by atoms with van der Waals surface area (Å²) in [6, 6.07) is 1.80. The van der Waals surface area contributed by atoms with Crippen LogP contribution in [-0.4, -0.2) is 23.7 Å². The van der Waals surface area contributed by atoms with E-state index in [0.717, 1.165) is 12.8 Å². The summed E-state index contributed by atoms with van der Waals surface area (Å²) < 4.78 is 0. The molecular weight excluding hydrogens is 234 g/mol. The molecule has 1 unspecified atom stereocenters. The Morgan fingerprint density at radius 1 is 1.47 bits per heavy atom. The highest BCUT2D eigenvalue weighted by Gasteiger charge is 2.22. The summed E-state index contributed by atoms with van der Waals surface area (Å²) in [5.74, 6) is 0.285. The lowest BCUT2D eigenvalue weighted by Gasteiger charge is -2.26. The van der Waals surface area contributed by atoms with E-state index in [9.17, 15) is 9.90 Å². The van der Waals surface area contributed by atoms with Crippen LogP contribution >= 0.6 is 11.3 Å². The Bertz CT molecular complexity index is 344. The van der Waals surface area contributed by atoms with Gasteiger partial charge in [0.05, 0.1) is 6.10 Å². The van der Waals surface area contributed by atoms with Gasteiger partial charge >= 0.3 is 0 Å². The van der Waals surface area contributed by atoms with E-state index in [-0.39, 0.29) is 5.91 Å². The Balaban J connectivity index is 1.75. The van der Waals surface area contributed by atoms with Gasteiger partial charge in [0.1, 0.15) is 0 Å². The molecule has 3 nitrogen and oxygen atoms in total. The van der Waals surface area contributed by atoms with Crippen molar-refractivity contribution in [3.05, 3.63) is 22.4 Å². The highest BCUT2D eigenvalue weighted by molar-refractivity contribution is 7.08. The van der Waals surface area contributed by atoms with Crippen LogP contribution in [0.4, 0.5) is 0 Å². The van der Waals surface area contributed by atoms with Crippen molar-refractivity contribution in [2.24, 2.45) is 5.92 Å². The first-order valence-corrected chi connectivity index (χ1v) is 7.20. The quantitative estimate of drug-likeness (QED) is 0.865. The number of hydrogen-bond donors (Lipinski definition) is 2. The molecule has 2 N–H and O–H groups in total. The summed E-state index contributed by atoms with van der Waals surface area (Å²) >= 11 is 1.51. The lowest BCUT2D eigenvalue weighted by molar-refractivity contribution is 0.0738. The summed E-state index contributed by atoms with van der Waals surface area (Å²) in [5.41, 5.74) is 0.686. The van der Waals surface area contributed by atoms with Crippen LogP contribution in [0.15, 0.2) is 16.8 Å². The zero-order chi connectivity index (χ0) is 12.1. The highest BCUT2D eigenvalue weighted by Crippen LogP contribution is 2.26. The van der Waals surface area contributed by atoms with Crippen LogP contribution in [0.2, 0.25) is 0 Å².